The molecule has 0 aliphatic carbocycles. The summed E-state index contributed by atoms with van der Waals surface area (Å²) < 4.78 is 32.0. The van der Waals surface area contributed by atoms with Crippen LogP contribution in [0.4, 0.5) is 5.13 Å². The zero-order valence-electron chi connectivity index (χ0n) is 16.9. The minimum Gasteiger partial charge on any atom is -0.459 e. The van der Waals surface area contributed by atoms with Gasteiger partial charge in [-0.25, -0.2) is 13.4 Å². The topological polar surface area (TPSA) is 110 Å². The van der Waals surface area contributed by atoms with E-state index in [2.05, 4.69) is 9.97 Å². The van der Waals surface area contributed by atoms with E-state index in [0.29, 0.717) is 30.2 Å². The predicted molar refractivity (Wildman–Crippen MR) is 111 cm³/mol. The standard InChI is InChI=1S/C19H24N4O5S2/c1-3-23(14(2)24)19-21-16(13-29-19)12-28-18(25)15-6-9-22(10-7-15)30(26,27)17-5-4-8-20-11-17/h4-5,8,11,13,15H,3,6-7,9-10,12H2,1-2H3. The van der Waals surface area contributed by atoms with Crippen molar-refractivity contribution in [3.05, 3.63) is 35.6 Å². The van der Waals surface area contributed by atoms with Crippen molar-refractivity contribution >= 4 is 38.4 Å². The summed E-state index contributed by atoms with van der Waals surface area (Å²) in [7, 11) is -3.60. The largest absolute Gasteiger partial charge is 0.459 e. The van der Waals surface area contributed by atoms with Gasteiger partial charge in [-0.05, 0) is 31.9 Å². The number of thiazole rings is 1. The van der Waals surface area contributed by atoms with Gasteiger partial charge in [0, 0.05) is 44.3 Å². The number of carbonyl (C=O) groups excluding carboxylic acids is 2. The third-order valence-corrected chi connectivity index (χ3v) is 7.68. The first-order valence-corrected chi connectivity index (χ1v) is 11.9. The second kappa shape index (κ2) is 9.63. The van der Waals surface area contributed by atoms with E-state index >= 15 is 0 Å². The van der Waals surface area contributed by atoms with Crippen LogP contribution in [0.1, 0.15) is 32.4 Å². The van der Waals surface area contributed by atoms with E-state index in [4.69, 9.17) is 4.74 Å². The molecule has 3 heterocycles. The van der Waals surface area contributed by atoms with Gasteiger partial charge < -0.3 is 4.74 Å². The third-order valence-electron chi connectivity index (χ3n) is 4.89. The molecule has 0 radical (unpaired) electrons. The predicted octanol–water partition coefficient (Wildman–Crippen LogP) is 2.05. The van der Waals surface area contributed by atoms with Gasteiger partial charge in [0.15, 0.2) is 5.13 Å². The van der Waals surface area contributed by atoms with Crippen LogP contribution in [0, 0.1) is 5.92 Å². The summed E-state index contributed by atoms with van der Waals surface area (Å²) in [6.07, 6.45) is 3.64. The summed E-state index contributed by atoms with van der Waals surface area (Å²) in [6.45, 7) is 4.39. The van der Waals surface area contributed by atoms with Crippen molar-refractivity contribution in [2.75, 3.05) is 24.5 Å². The molecule has 0 aromatic carbocycles. The summed E-state index contributed by atoms with van der Waals surface area (Å²) >= 11 is 1.32. The Labute approximate surface area is 179 Å². The van der Waals surface area contributed by atoms with Crippen LogP contribution in [0.15, 0.2) is 34.8 Å². The Kier molecular flexibility index (Phi) is 7.16. The number of anilines is 1. The molecule has 2 aromatic rings. The van der Waals surface area contributed by atoms with Gasteiger partial charge in [0.1, 0.15) is 11.5 Å². The van der Waals surface area contributed by atoms with Crippen LogP contribution < -0.4 is 4.90 Å². The van der Waals surface area contributed by atoms with Crippen molar-refractivity contribution in [1.29, 1.82) is 0 Å². The van der Waals surface area contributed by atoms with Gasteiger partial charge >= 0.3 is 5.97 Å². The maximum atomic E-state index is 12.6. The Bertz CT molecular complexity index is 985. The van der Waals surface area contributed by atoms with E-state index < -0.39 is 10.0 Å². The molecule has 11 heteroatoms. The number of aromatic nitrogens is 2. The van der Waals surface area contributed by atoms with Gasteiger partial charge in [-0.1, -0.05) is 0 Å². The van der Waals surface area contributed by atoms with Crippen LogP contribution in [-0.4, -0.2) is 54.2 Å². The smallest absolute Gasteiger partial charge is 0.309 e. The number of rotatable bonds is 7. The Morgan fingerprint density at radius 2 is 2.07 bits per heavy atom. The van der Waals surface area contributed by atoms with E-state index in [0.717, 1.165) is 0 Å². The van der Waals surface area contributed by atoms with Gasteiger partial charge in [-0.15, -0.1) is 11.3 Å². The van der Waals surface area contributed by atoms with Gasteiger partial charge in [0.05, 0.1) is 11.6 Å². The summed E-state index contributed by atoms with van der Waals surface area (Å²) in [4.78, 5) is 33.9. The highest BCUT2D eigenvalue weighted by Gasteiger charge is 2.33. The third kappa shape index (κ3) is 5.02. The first-order valence-electron chi connectivity index (χ1n) is 9.62. The molecule has 1 aliphatic heterocycles. The zero-order chi connectivity index (χ0) is 21.7. The second-order valence-electron chi connectivity index (χ2n) is 6.86. The number of nitrogens with zero attached hydrogens (tertiary/aromatic N) is 4. The molecular weight excluding hydrogens is 428 g/mol. The first-order chi connectivity index (χ1) is 14.3. The molecule has 0 bridgehead atoms. The fourth-order valence-corrected chi connectivity index (χ4v) is 5.57. The molecule has 0 atom stereocenters. The summed E-state index contributed by atoms with van der Waals surface area (Å²) in [5.41, 5.74) is 0.583. The van der Waals surface area contributed by atoms with E-state index in [1.165, 1.54) is 41.0 Å². The molecule has 0 spiro atoms. The fraction of sp³-hybridized carbons (Fsp3) is 0.474. The number of carbonyl (C=O) groups is 2. The Morgan fingerprint density at radius 3 is 2.67 bits per heavy atom. The molecule has 30 heavy (non-hydrogen) atoms. The average molecular weight is 453 g/mol. The quantitative estimate of drug-likeness (QED) is 0.591. The second-order valence-corrected chi connectivity index (χ2v) is 9.63. The van der Waals surface area contributed by atoms with Crippen molar-refractivity contribution in [3.8, 4) is 0 Å². The van der Waals surface area contributed by atoms with Crippen LogP contribution in [0.3, 0.4) is 0 Å². The number of pyridine rings is 1. The lowest BCUT2D eigenvalue weighted by atomic mass is 9.98. The monoisotopic (exact) mass is 452 g/mol. The summed E-state index contributed by atoms with van der Waals surface area (Å²) in [5.74, 6) is -0.807. The number of ether oxygens (including phenoxy) is 1. The molecule has 1 amide bonds. The molecule has 9 nitrogen and oxygen atoms in total. The summed E-state index contributed by atoms with van der Waals surface area (Å²) in [6, 6.07) is 3.09. The highest BCUT2D eigenvalue weighted by molar-refractivity contribution is 7.89. The van der Waals surface area contributed by atoms with Gasteiger partial charge in [0.25, 0.3) is 0 Å². The maximum absolute atomic E-state index is 12.6. The van der Waals surface area contributed by atoms with E-state index in [1.54, 1.807) is 16.3 Å². The van der Waals surface area contributed by atoms with Gasteiger partial charge in [-0.3, -0.25) is 19.5 Å². The molecule has 3 rings (SSSR count). The minimum absolute atomic E-state index is 0.0268. The van der Waals surface area contributed by atoms with Crippen LogP contribution >= 0.6 is 11.3 Å². The Hall–Kier alpha value is -2.37. The van der Waals surface area contributed by atoms with Crippen molar-refractivity contribution in [2.24, 2.45) is 5.92 Å². The van der Waals surface area contributed by atoms with Crippen LogP contribution in [0.25, 0.3) is 0 Å². The zero-order valence-corrected chi connectivity index (χ0v) is 18.5. The van der Waals surface area contributed by atoms with Crippen molar-refractivity contribution in [1.82, 2.24) is 14.3 Å². The highest BCUT2D eigenvalue weighted by Crippen LogP contribution is 2.25. The fourth-order valence-electron chi connectivity index (χ4n) is 3.22. The van der Waals surface area contributed by atoms with E-state index in [1.807, 2.05) is 6.92 Å². The average Bonchev–Trinajstić information content (AvgIpc) is 3.21. The number of esters is 1. The first kappa shape index (κ1) is 22.3. The van der Waals surface area contributed by atoms with Crippen LogP contribution in [-0.2, 0) is 31.0 Å². The SMILES string of the molecule is CCN(C(C)=O)c1nc(COC(=O)C2CCN(S(=O)(=O)c3cccnc3)CC2)cs1. The van der Waals surface area contributed by atoms with Gasteiger partial charge in [-0.2, -0.15) is 4.31 Å². The Balaban J connectivity index is 1.51. The van der Waals surface area contributed by atoms with Crippen LogP contribution in [0.5, 0.6) is 0 Å². The van der Waals surface area contributed by atoms with E-state index in [9.17, 15) is 18.0 Å². The molecule has 0 saturated carbocycles. The molecule has 1 saturated heterocycles. The summed E-state index contributed by atoms with van der Waals surface area (Å²) in [5, 5.41) is 2.34. The van der Waals surface area contributed by atoms with Crippen LogP contribution in [0.2, 0.25) is 0 Å². The number of hydrogen-bond donors (Lipinski definition) is 0. The van der Waals surface area contributed by atoms with E-state index in [-0.39, 0.29) is 42.4 Å². The van der Waals surface area contributed by atoms with Gasteiger partial charge in [0.2, 0.25) is 15.9 Å². The van der Waals surface area contributed by atoms with Crippen molar-refractivity contribution in [2.45, 2.75) is 38.2 Å². The normalized spacial score (nSPS) is 15.7. The molecule has 0 unspecified atom stereocenters. The molecule has 1 aliphatic rings. The molecule has 2 aromatic heterocycles. The number of hydrogen-bond acceptors (Lipinski definition) is 8. The lowest BCUT2D eigenvalue weighted by Crippen LogP contribution is -2.40. The Morgan fingerprint density at radius 1 is 1.33 bits per heavy atom. The molecular formula is C19H24N4O5S2. The number of sulfonamides is 1. The van der Waals surface area contributed by atoms with Crippen molar-refractivity contribution in [3.63, 3.8) is 0 Å². The van der Waals surface area contributed by atoms with Crippen molar-refractivity contribution < 1.29 is 22.7 Å². The number of piperidine rings is 1. The number of amides is 1. The molecule has 162 valence electrons. The lowest BCUT2D eigenvalue weighted by Gasteiger charge is -2.29. The lowest BCUT2D eigenvalue weighted by molar-refractivity contribution is -0.151. The highest BCUT2D eigenvalue weighted by atomic mass is 32.2. The minimum atomic E-state index is -3.60. The molecule has 0 N–H and O–H groups in total. The maximum Gasteiger partial charge on any atom is 0.309 e. The molecule has 1 fully saturated rings.